The van der Waals surface area contributed by atoms with E-state index in [0.29, 0.717) is 6.61 Å². The summed E-state index contributed by atoms with van der Waals surface area (Å²) in [5, 5.41) is 3.34. The standard InChI is InChI=1S/C16H23NO2/c1-3-5-12-18-13-10-17-14-15-8-6-7-9-16(15)19-11-4-2/h2,6-9,17H,3,5,10-14H2,1H3. The van der Waals surface area contributed by atoms with Crippen molar-refractivity contribution in [1.29, 1.82) is 0 Å². The van der Waals surface area contributed by atoms with Crippen molar-refractivity contribution in [2.45, 2.75) is 26.3 Å². The maximum absolute atomic E-state index is 5.49. The molecule has 0 amide bonds. The lowest BCUT2D eigenvalue weighted by Gasteiger charge is -2.10. The third-order valence-electron chi connectivity index (χ3n) is 2.66. The molecule has 0 heterocycles. The van der Waals surface area contributed by atoms with Crippen molar-refractivity contribution in [2.24, 2.45) is 0 Å². The van der Waals surface area contributed by atoms with Crippen LogP contribution >= 0.6 is 0 Å². The first-order valence-electron chi connectivity index (χ1n) is 6.81. The third kappa shape index (κ3) is 6.85. The second-order valence-corrected chi connectivity index (χ2v) is 4.24. The minimum absolute atomic E-state index is 0.303. The van der Waals surface area contributed by atoms with Gasteiger partial charge in [-0.25, -0.2) is 0 Å². The molecule has 1 aromatic rings. The molecular formula is C16H23NO2. The molecule has 0 saturated carbocycles. The molecule has 0 saturated heterocycles. The molecule has 0 aliphatic carbocycles. The molecule has 3 heteroatoms. The Hall–Kier alpha value is -1.50. The highest BCUT2D eigenvalue weighted by molar-refractivity contribution is 5.33. The van der Waals surface area contributed by atoms with Crippen LogP contribution in [0.1, 0.15) is 25.3 Å². The van der Waals surface area contributed by atoms with Crippen LogP contribution in [0.25, 0.3) is 0 Å². The molecule has 0 aliphatic heterocycles. The highest BCUT2D eigenvalue weighted by atomic mass is 16.5. The second-order valence-electron chi connectivity index (χ2n) is 4.24. The molecule has 1 N–H and O–H groups in total. The van der Waals surface area contributed by atoms with E-state index < -0.39 is 0 Å². The minimum Gasteiger partial charge on any atom is -0.481 e. The van der Waals surface area contributed by atoms with Gasteiger partial charge >= 0.3 is 0 Å². The summed E-state index contributed by atoms with van der Waals surface area (Å²) >= 11 is 0. The third-order valence-corrected chi connectivity index (χ3v) is 2.66. The van der Waals surface area contributed by atoms with E-state index in [1.54, 1.807) is 0 Å². The molecule has 0 spiro atoms. The van der Waals surface area contributed by atoms with Gasteiger partial charge in [0.25, 0.3) is 0 Å². The normalized spacial score (nSPS) is 10.1. The summed E-state index contributed by atoms with van der Waals surface area (Å²) in [5.41, 5.74) is 1.12. The van der Waals surface area contributed by atoms with Gasteiger partial charge in [-0.15, -0.1) is 6.42 Å². The Labute approximate surface area is 116 Å². The predicted molar refractivity (Wildman–Crippen MR) is 78.2 cm³/mol. The number of terminal acetylenes is 1. The molecule has 0 fully saturated rings. The van der Waals surface area contributed by atoms with Crippen LogP contribution in [-0.2, 0) is 11.3 Å². The lowest BCUT2D eigenvalue weighted by atomic mass is 10.2. The highest BCUT2D eigenvalue weighted by Gasteiger charge is 2.01. The Morgan fingerprint density at radius 1 is 1.26 bits per heavy atom. The van der Waals surface area contributed by atoms with Crippen molar-refractivity contribution in [2.75, 3.05) is 26.4 Å². The molecular weight excluding hydrogens is 238 g/mol. The molecule has 0 aliphatic rings. The number of para-hydroxylation sites is 1. The van der Waals surface area contributed by atoms with Gasteiger partial charge in [-0.2, -0.15) is 0 Å². The van der Waals surface area contributed by atoms with Crippen LogP contribution in [0.5, 0.6) is 5.75 Å². The summed E-state index contributed by atoms with van der Waals surface area (Å²) < 4.78 is 11.0. The van der Waals surface area contributed by atoms with Crippen LogP contribution < -0.4 is 10.1 Å². The maximum atomic E-state index is 5.49. The highest BCUT2D eigenvalue weighted by Crippen LogP contribution is 2.17. The van der Waals surface area contributed by atoms with E-state index in [1.807, 2.05) is 24.3 Å². The van der Waals surface area contributed by atoms with Crippen molar-refractivity contribution < 1.29 is 9.47 Å². The van der Waals surface area contributed by atoms with E-state index in [9.17, 15) is 0 Å². The molecule has 0 unspecified atom stereocenters. The number of benzene rings is 1. The molecule has 0 radical (unpaired) electrons. The van der Waals surface area contributed by atoms with E-state index in [4.69, 9.17) is 15.9 Å². The van der Waals surface area contributed by atoms with Gasteiger partial charge in [0.05, 0.1) is 6.61 Å². The van der Waals surface area contributed by atoms with Crippen LogP contribution in [0.15, 0.2) is 24.3 Å². The van der Waals surface area contributed by atoms with Gasteiger partial charge in [-0.05, 0) is 12.5 Å². The summed E-state index contributed by atoms with van der Waals surface area (Å²) in [6, 6.07) is 7.92. The van der Waals surface area contributed by atoms with Crippen molar-refractivity contribution in [1.82, 2.24) is 5.32 Å². The van der Waals surface area contributed by atoms with Crippen molar-refractivity contribution >= 4 is 0 Å². The lowest BCUT2D eigenvalue weighted by molar-refractivity contribution is 0.133. The summed E-state index contributed by atoms with van der Waals surface area (Å²) in [7, 11) is 0. The number of hydrogen-bond acceptors (Lipinski definition) is 3. The SMILES string of the molecule is C#CCOc1ccccc1CNCCOCCCC. The Morgan fingerprint density at radius 3 is 2.89 bits per heavy atom. The van der Waals surface area contributed by atoms with Gasteiger partial charge in [0, 0.05) is 25.3 Å². The van der Waals surface area contributed by atoms with E-state index in [2.05, 4.69) is 18.2 Å². The molecule has 0 bridgehead atoms. The van der Waals surface area contributed by atoms with Gasteiger partial charge < -0.3 is 14.8 Å². The number of rotatable bonds is 10. The molecule has 1 rings (SSSR count). The largest absolute Gasteiger partial charge is 0.481 e. The number of nitrogens with one attached hydrogen (secondary N) is 1. The second kappa shape index (κ2) is 10.4. The average Bonchev–Trinajstić information content (AvgIpc) is 2.45. The molecule has 3 nitrogen and oxygen atoms in total. The Balaban J connectivity index is 2.23. The van der Waals surface area contributed by atoms with Gasteiger partial charge in [0.15, 0.2) is 0 Å². The fraction of sp³-hybridized carbons (Fsp3) is 0.500. The first kappa shape index (κ1) is 15.6. The van der Waals surface area contributed by atoms with Gasteiger partial charge in [-0.1, -0.05) is 37.5 Å². The lowest BCUT2D eigenvalue weighted by Crippen LogP contribution is -2.20. The van der Waals surface area contributed by atoms with Crippen LogP contribution in [0.2, 0.25) is 0 Å². The van der Waals surface area contributed by atoms with E-state index in [1.165, 1.54) is 6.42 Å². The van der Waals surface area contributed by atoms with Gasteiger partial charge in [0.1, 0.15) is 12.4 Å². The van der Waals surface area contributed by atoms with Crippen LogP contribution in [0.4, 0.5) is 0 Å². The summed E-state index contributed by atoms with van der Waals surface area (Å²) in [4.78, 5) is 0. The zero-order valence-electron chi connectivity index (χ0n) is 11.7. The minimum atomic E-state index is 0.303. The van der Waals surface area contributed by atoms with Gasteiger partial charge in [-0.3, -0.25) is 0 Å². The van der Waals surface area contributed by atoms with Crippen LogP contribution in [-0.4, -0.2) is 26.4 Å². The molecule has 0 atom stereocenters. The zero-order valence-corrected chi connectivity index (χ0v) is 11.7. The molecule has 0 aromatic heterocycles. The fourth-order valence-electron chi connectivity index (χ4n) is 1.63. The fourth-order valence-corrected chi connectivity index (χ4v) is 1.63. The van der Waals surface area contributed by atoms with Crippen molar-refractivity contribution in [3.63, 3.8) is 0 Å². The van der Waals surface area contributed by atoms with E-state index >= 15 is 0 Å². The average molecular weight is 261 g/mol. The number of ether oxygens (including phenoxy) is 2. The number of hydrogen-bond donors (Lipinski definition) is 1. The predicted octanol–water partition coefficient (Wildman–Crippen LogP) is 2.60. The summed E-state index contributed by atoms with van der Waals surface area (Å²) in [6.07, 6.45) is 7.50. The zero-order chi connectivity index (χ0) is 13.8. The monoisotopic (exact) mass is 261 g/mol. The molecule has 19 heavy (non-hydrogen) atoms. The van der Waals surface area contributed by atoms with E-state index in [-0.39, 0.29) is 0 Å². The smallest absolute Gasteiger partial charge is 0.148 e. The summed E-state index contributed by atoms with van der Waals surface area (Å²) in [6.45, 7) is 5.66. The van der Waals surface area contributed by atoms with Crippen molar-refractivity contribution in [3.8, 4) is 18.1 Å². The van der Waals surface area contributed by atoms with Crippen LogP contribution in [0, 0.1) is 12.3 Å². The number of unbranched alkanes of at least 4 members (excludes halogenated alkanes) is 1. The van der Waals surface area contributed by atoms with E-state index in [0.717, 1.165) is 44.0 Å². The maximum Gasteiger partial charge on any atom is 0.148 e. The van der Waals surface area contributed by atoms with Crippen molar-refractivity contribution in [3.05, 3.63) is 29.8 Å². The molecule has 1 aromatic carbocycles. The van der Waals surface area contributed by atoms with Crippen LogP contribution in [0.3, 0.4) is 0 Å². The first-order chi connectivity index (χ1) is 9.38. The Bertz CT molecular complexity index is 385. The first-order valence-corrected chi connectivity index (χ1v) is 6.81. The Kier molecular flexibility index (Phi) is 8.54. The Morgan fingerprint density at radius 2 is 2.11 bits per heavy atom. The van der Waals surface area contributed by atoms with Gasteiger partial charge in [0.2, 0.25) is 0 Å². The molecule has 104 valence electrons. The topological polar surface area (TPSA) is 30.5 Å². The summed E-state index contributed by atoms with van der Waals surface area (Å²) in [5.74, 6) is 3.32. The quantitative estimate of drug-likeness (QED) is 0.519.